The van der Waals surface area contributed by atoms with Crippen LogP contribution in [0.15, 0.2) is 24.3 Å². The molecular weight excluding hydrogens is 155 g/mol. The van der Waals surface area contributed by atoms with Crippen LogP contribution in [0.2, 0.25) is 0 Å². The van der Waals surface area contributed by atoms with Gasteiger partial charge in [-0.3, -0.25) is 4.79 Å². The van der Waals surface area contributed by atoms with Crippen molar-refractivity contribution in [3.8, 4) is 0 Å². The van der Waals surface area contributed by atoms with Crippen molar-refractivity contribution in [1.82, 2.24) is 0 Å². The van der Waals surface area contributed by atoms with Crippen molar-refractivity contribution >= 4 is 13.4 Å². The molecule has 1 aromatic carbocycles. The maximum Gasteiger partial charge on any atom is 0.456 e. The van der Waals surface area contributed by atoms with E-state index in [4.69, 9.17) is 10.0 Å². The third kappa shape index (κ3) is 2.18. The van der Waals surface area contributed by atoms with Gasteiger partial charge < -0.3 is 10.0 Å². The first kappa shape index (κ1) is 8.97. The third-order valence-electron chi connectivity index (χ3n) is 1.58. The Hall–Kier alpha value is -1.13. The summed E-state index contributed by atoms with van der Waals surface area (Å²) in [5, 5.41) is 17.3. The summed E-state index contributed by atoms with van der Waals surface area (Å²) in [5.74, 6) is 0. The molecule has 0 spiro atoms. The Morgan fingerprint density at radius 3 is 2.58 bits per heavy atom. The fraction of sp³-hybridized carbons (Fsp3) is 0.125. The number of hydrogen-bond acceptors (Lipinski definition) is 3. The lowest BCUT2D eigenvalue weighted by atomic mass is 9.80. The van der Waals surface area contributed by atoms with E-state index in [0.717, 1.165) is 0 Å². The molecule has 0 aliphatic rings. The standard InChI is InChI=1S/C8H9BO3/c10-6-8-4-2-1-3-7(8)5-9(11)12/h1-4,6,11-12H,5H2. The van der Waals surface area contributed by atoms with E-state index in [1.807, 2.05) is 0 Å². The molecule has 1 aromatic rings. The van der Waals surface area contributed by atoms with Gasteiger partial charge >= 0.3 is 7.12 Å². The van der Waals surface area contributed by atoms with Crippen LogP contribution in [0.4, 0.5) is 0 Å². The van der Waals surface area contributed by atoms with Crippen molar-refractivity contribution < 1.29 is 14.8 Å². The average Bonchev–Trinajstić information content (AvgIpc) is 2.04. The van der Waals surface area contributed by atoms with Crippen molar-refractivity contribution in [2.45, 2.75) is 6.32 Å². The summed E-state index contributed by atoms with van der Waals surface area (Å²) in [4.78, 5) is 10.4. The van der Waals surface area contributed by atoms with E-state index >= 15 is 0 Å². The Morgan fingerprint density at radius 1 is 1.33 bits per heavy atom. The Morgan fingerprint density at radius 2 is 2.00 bits per heavy atom. The zero-order valence-corrected chi connectivity index (χ0v) is 6.47. The van der Waals surface area contributed by atoms with Crippen molar-refractivity contribution in [1.29, 1.82) is 0 Å². The minimum absolute atomic E-state index is 0.0922. The predicted octanol–water partition coefficient (Wildman–Crippen LogP) is 0.0536. The molecule has 0 aromatic heterocycles. The largest absolute Gasteiger partial charge is 0.456 e. The normalized spacial score (nSPS) is 9.50. The number of aldehydes is 1. The van der Waals surface area contributed by atoms with Gasteiger partial charge in [-0.15, -0.1) is 0 Å². The first-order valence-electron chi connectivity index (χ1n) is 3.63. The molecule has 3 nitrogen and oxygen atoms in total. The highest BCUT2D eigenvalue weighted by molar-refractivity contribution is 6.40. The highest BCUT2D eigenvalue weighted by atomic mass is 16.4. The molecule has 2 N–H and O–H groups in total. The second kappa shape index (κ2) is 4.04. The van der Waals surface area contributed by atoms with E-state index < -0.39 is 7.12 Å². The van der Waals surface area contributed by atoms with Gasteiger partial charge in [0.15, 0.2) is 0 Å². The Bertz CT molecular complexity index is 273. The molecule has 62 valence electrons. The summed E-state index contributed by atoms with van der Waals surface area (Å²) < 4.78 is 0. The molecule has 0 heterocycles. The first-order chi connectivity index (χ1) is 5.74. The number of benzene rings is 1. The number of rotatable bonds is 3. The molecule has 0 unspecified atom stereocenters. The molecule has 12 heavy (non-hydrogen) atoms. The van der Waals surface area contributed by atoms with Gasteiger partial charge in [-0.05, 0) is 5.56 Å². The van der Waals surface area contributed by atoms with Gasteiger partial charge in [-0.25, -0.2) is 0 Å². The van der Waals surface area contributed by atoms with Gasteiger partial charge in [0.2, 0.25) is 0 Å². The summed E-state index contributed by atoms with van der Waals surface area (Å²) in [5.41, 5.74) is 1.16. The summed E-state index contributed by atoms with van der Waals surface area (Å²) in [7, 11) is -1.40. The third-order valence-corrected chi connectivity index (χ3v) is 1.58. The zero-order chi connectivity index (χ0) is 8.97. The molecule has 0 amide bonds. The van der Waals surface area contributed by atoms with Crippen molar-refractivity contribution in [3.05, 3.63) is 35.4 Å². The van der Waals surface area contributed by atoms with E-state index in [0.29, 0.717) is 17.4 Å². The minimum atomic E-state index is -1.40. The van der Waals surface area contributed by atoms with Crippen LogP contribution in [-0.4, -0.2) is 23.5 Å². The molecule has 0 atom stereocenters. The smallest absolute Gasteiger partial charge is 0.427 e. The summed E-state index contributed by atoms with van der Waals surface area (Å²) in [6.45, 7) is 0. The topological polar surface area (TPSA) is 57.5 Å². The molecule has 0 saturated carbocycles. The maximum atomic E-state index is 10.4. The Kier molecular flexibility index (Phi) is 3.02. The lowest BCUT2D eigenvalue weighted by Crippen LogP contribution is -2.16. The maximum absolute atomic E-state index is 10.4. The van der Waals surface area contributed by atoms with Crippen LogP contribution in [0.3, 0.4) is 0 Å². The van der Waals surface area contributed by atoms with Crippen molar-refractivity contribution in [3.63, 3.8) is 0 Å². The number of carbonyl (C=O) groups is 1. The van der Waals surface area contributed by atoms with E-state index in [1.165, 1.54) is 0 Å². The molecule has 0 saturated heterocycles. The monoisotopic (exact) mass is 164 g/mol. The van der Waals surface area contributed by atoms with Crippen LogP contribution < -0.4 is 0 Å². The molecule has 0 bridgehead atoms. The summed E-state index contributed by atoms with van der Waals surface area (Å²) >= 11 is 0. The van der Waals surface area contributed by atoms with Gasteiger partial charge in [0.1, 0.15) is 6.29 Å². The lowest BCUT2D eigenvalue weighted by molar-refractivity contribution is 0.112. The highest BCUT2D eigenvalue weighted by Crippen LogP contribution is 2.06. The molecule has 0 radical (unpaired) electrons. The second-order valence-electron chi connectivity index (χ2n) is 2.50. The average molecular weight is 164 g/mol. The molecular formula is C8H9BO3. The molecule has 4 heteroatoms. The van der Waals surface area contributed by atoms with Crippen molar-refractivity contribution in [2.75, 3.05) is 0 Å². The molecule has 0 aliphatic carbocycles. The van der Waals surface area contributed by atoms with Gasteiger partial charge in [0, 0.05) is 11.9 Å². The van der Waals surface area contributed by atoms with Crippen LogP contribution in [0.1, 0.15) is 15.9 Å². The van der Waals surface area contributed by atoms with Crippen molar-refractivity contribution in [2.24, 2.45) is 0 Å². The van der Waals surface area contributed by atoms with Gasteiger partial charge in [-0.1, -0.05) is 24.3 Å². The van der Waals surface area contributed by atoms with Gasteiger partial charge in [-0.2, -0.15) is 0 Å². The number of carbonyl (C=O) groups excluding carboxylic acids is 1. The molecule has 0 aliphatic heterocycles. The van der Waals surface area contributed by atoms with Crippen LogP contribution in [-0.2, 0) is 6.32 Å². The van der Waals surface area contributed by atoms with E-state index in [-0.39, 0.29) is 6.32 Å². The highest BCUT2D eigenvalue weighted by Gasteiger charge is 2.10. The van der Waals surface area contributed by atoms with E-state index in [9.17, 15) is 4.79 Å². The second-order valence-corrected chi connectivity index (χ2v) is 2.50. The summed E-state index contributed by atoms with van der Waals surface area (Å²) in [6.07, 6.45) is 0.798. The molecule has 0 fully saturated rings. The van der Waals surface area contributed by atoms with Crippen LogP contribution >= 0.6 is 0 Å². The first-order valence-corrected chi connectivity index (χ1v) is 3.63. The Balaban J connectivity index is 2.89. The SMILES string of the molecule is O=Cc1ccccc1CB(O)O. The zero-order valence-electron chi connectivity index (χ0n) is 6.47. The summed E-state index contributed by atoms with van der Waals surface area (Å²) in [6, 6.07) is 6.83. The Labute approximate surface area is 70.8 Å². The van der Waals surface area contributed by atoms with E-state index in [1.54, 1.807) is 24.3 Å². The quantitative estimate of drug-likeness (QED) is 0.490. The number of hydrogen-bond donors (Lipinski definition) is 2. The fourth-order valence-corrected chi connectivity index (χ4v) is 1.03. The van der Waals surface area contributed by atoms with Crippen LogP contribution in [0, 0.1) is 0 Å². The van der Waals surface area contributed by atoms with Gasteiger partial charge in [0.25, 0.3) is 0 Å². The predicted molar refractivity (Wildman–Crippen MR) is 45.7 cm³/mol. The minimum Gasteiger partial charge on any atom is -0.427 e. The van der Waals surface area contributed by atoms with Crippen LogP contribution in [0.25, 0.3) is 0 Å². The van der Waals surface area contributed by atoms with Gasteiger partial charge in [0.05, 0.1) is 0 Å². The molecule has 1 rings (SSSR count). The van der Waals surface area contributed by atoms with E-state index in [2.05, 4.69) is 0 Å². The van der Waals surface area contributed by atoms with Crippen LogP contribution in [0.5, 0.6) is 0 Å². The lowest BCUT2D eigenvalue weighted by Gasteiger charge is -2.01. The fourth-order valence-electron chi connectivity index (χ4n) is 1.03.